The third-order valence-electron chi connectivity index (χ3n) is 6.05. The van der Waals surface area contributed by atoms with Crippen LogP contribution in [0, 0.1) is 23.7 Å². The zero-order valence-corrected chi connectivity index (χ0v) is 21.0. The molecule has 0 radical (unpaired) electrons. The lowest BCUT2D eigenvalue weighted by molar-refractivity contribution is 0.337. The van der Waals surface area contributed by atoms with Crippen LogP contribution in [0.4, 0.5) is 0 Å². The van der Waals surface area contributed by atoms with Crippen LogP contribution in [-0.4, -0.2) is 4.01 Å². The summed E-state index contributed by atoms with van der Waals surface area (Å²) in [4.78, 5) is 0. The smallest absolute Gasteiger partial charge is 0.00766 e. The quantitative estimate of drug-likeness (QED) is 0.113. The number of rotatable bonds is 16. The van der Waals surface area contributed by atoms with Crippen LogP contribution in [0.1, 0.15) is 91.4 Å². The summed E-state index contributed by atoms with van der Waals surface area (Å²) in [5.41, 5.74) is 1.44. The van der Waals surface area contributed by atoms with Gasteiger partial charge < -0.3 is 0 Å². The fourth-order valence-corrected chi connectivity index (χ4v) is 6.25. The van der Waals surface area contributed by atoms with E-state index in [-0.39, 0.29) is 20.7 Å². The molecule has 3 unspecified atom stereocenters. The van der Waals surface area contributed by atoms with Crippen molar-refractivity contribution in [3.05, 3.63) is 47.1 Å². The van der Waals surface area contributed by atoms with Gasteiger partial charge in [-0.25, -0.2) is 0 Å². The third kappa shape index (κ3) is 10.4. The SMILES string of the molecule is C=CC(CCC)[C@H](C(=C)CC/C=C/CC(C)CCCCCC)C1C=CI=CC1. The monoisotopic (exact) mass is 496 g/mol. The molecular weight excluding hydrogens is 451 g/mol. The average Bonchev–Trinajstić information content (AvgIpc) is 2.71. The summed E-state index contributed by atoms with van der Waals surface area (Å²) >= 11 is 0.207. The molecule has 1 heteroatoms. The van der Waals surface area contributed by atoms with Gasteiger partial charge >= 0.3 is 0 Å². The van der Waals surface area contributed by atoms with Gasteiger partial charge in [0.15, 0.2) is 0 Å². The first kappa shape index (κ1) is 25.6. The molecule has 28 heavy (non-hydrogen) atoms. The van der Waals surface area contributed by atoms with Crippen LogP contribution in [-0.2, 0) is 0 Å². The lowest BCUT2D eigenvalue weighted by Gasteiger charge is -2.32. The summed E-state index contributed by atoms with van der Waals surface area (Å²) in [7, 11) is 0. The van der Waals surface area contributed by atoms with E-state index in [1.165, 1.54) is 63.4 Å². The van der Waals surface area contributed by atoms with Gasteiger partial charge in [-0.1, -0.05) is 120 Å². The van der Waals surface area contributed by atoms with Gasteiger partial charge in [-0.05, 0) is 59.9 Å². The van der Waals surface area contributed by atoms with Crippen molar-refractivity contribution in [3.63, 3.8) is 0 Å². The minimum atomic E-state index is 0.207. The summed E-state index contributed by atoms with van der Waals surface area (Å²) in [6, 6.07) is 0. The van der Waals surface area contributed by atoms with Crippen LogP contribution in [0.2, 0.25) is 0 Å². The van der Waals surface area contributed by atoms with Crippen LogP contribution in [0.25, 0.3) is 0 Å². The largest absolute Gasteiger partial charge is 0.103 e. The second kappa shape index (κ2) is 16.4. The van der Waals surface area contributed by atoms with E-state index in [2.05, 4.69) is 66.3 Å². The van der Waals surface area contributed by atoms with Crippen molar-refractivity contribution in [1.29, 1.82) is 0 Å². The molecule has 0 aromatic heterocycles. The van der Waals surface area contributed by atoms with Crippen molar-refractivity contribution in [3.8, 4) is 0 Å². The van der Waals surface area contributed by atoms with Gasteiger partial charge in [-0.2, -0.15) is 0 Å². The highest BCUT2D eigenvalue weighted by Crippen LogP contribution is 2.38. The van der Waals surface area contributed by atoms with Gasteiger partial charge in [0.05, 0.1) is 0 Å². The first-order chi connectivity index (χ1) is 13.6. The molecule has 0 aromatic rings. The molecule has 0 nitrogen and oxygen atoms in total. The molecule has 1 rings (SSSR count). The van der Waals surface area contributed by atoms with E-state index in [0.717, 1.165) is 18.8 Å². The highest BCUT2D eigenvalue weighted by atomic mass is 127. The Bertz CT molecular complexity index is 510. The second-order valence-corrected chi connectivity index (χ2v) is 10.9. The van der Waals surface area contributed by atoms with Crippen molar-refractivity contribution in [1.82, 2.24) is 0 Å². The van der Waals surface area contributed by atoms with E-state index in [1.807, 2.05) is 0 Å². The minimum Gasteiger partial charge on any atom is -0.103 e. The first-order valence-corrected chi connectivity index (χ1v) is 14.2. The van der Waals surface area contributed by atoms with Crippen LogP contribution in [0.3, 0.4) is 0 Å². The molecule has 160 valence electrons. The Hall–Kier alpha value is -0.440. The molecule has 0 spiro atoms. The van der Waals surface area contributed by atoms with E-state index in [0.29, 0.717) is 17.8 Å². The summed E-state index contributed by atoms with van der Waals surface area (Å²) in [6.45, 7) is 15.7. The zero-order valence-electron chi connectivity index (χ0n) is 18.8. The van der Waals surface area contributed by atoms with Gasteiger partial charge in [0, 0.05) is 0 Å². The molecule has 1 heterocycles. The summed E-state index contributed by atoms with van der Waals surface area (Å²) in [6.07, 6.45) is 23.6. The fourth-order valence-electron chi connectivity index (χ4n) is 4.31. The molecule has 4 atom stereocenters. The van der Waals surface area contributed by atoms with Crippen molar-refractivity contribution in [2.75, 3.05) is 0 Å². The first-order valence-electron chi connectivity index (χ1n) is 11.7. The third-order valence-corrected chi connectivity index (χ3v) is 7.90. The Labute approximate surface area is 186 Å². The normalized spacial score (nSPS) is 19.9. The Morgan fingerprint density at radius 1 is 1.14 bits per heavy atom. The van der Waals surface area contributed by atoms with Crippen molar-refractivity contribution < 1.29 is 0 Å². The van der Waals surface area contributed by atoms with Gasteiger partial charge in [0.25, 0.3) is 0 Å². The van der Waals surface area contributed by atoms with Gasteiger partial charge in [0.2, 0.25) is 0 Å². The van der Waals surface area contributed by atoms with E-state index < -0.39 is 0 Å². The molecule has 0 aromatic carbocycles. The number of hydrogen-bond acceptors (Lipinski definition) is 0. The van der Waals surface area contributed by atoms with Crippen molar-refractivity contribution in [2.45, 2.75) is 91.4 Å². The Morgan fingerprint density at radius 3 is 2.61 bits per heavy atom. The fraction of sp³-hybridized carbons (Fsp3) is 0.667. The molecular formula is C27H45I. The van der Waals surface area contributed by atoms with Gasteiger partial charge in [-0.3, -0.25) is 0 Å². The van der Waals surface area contributed by atoms with Gasteiger partial charge in [-0.15, -0.1) is 6.58 Å². The molecule has 0 fully saturated rings. The predicted molar refractivity (Wildman–Crippen MR) is 139 cm³/mol. The maximum absolute atomic E-state index is 4.55. The molecule has 0 aliphatic carbocycles. The second-order valence-electron chi connectivity index (χ2n) is 8.57. The molecule has 0 amide bonds. The number of unbranched alkanes of at least 4 members (excludes halogenated alkanes) is 3. The highest BCUT2D eigenvalue weighted by Gasteiger charge is 2.27. The van der Waals surface area contributed by atoms with Crippen LogP contribution in [0.5, 0.6) is 0 Å². The molecule has 1 aliphatic heterocycles. The number of allylic oxidation sites excluding steroid dienone is 5. The lowest BCUT2D eigenvalue weighted by atomic mass is 9.73. The van der Waals surface area contributed by atoms with E-state index in [4.69, 9.17) is 0 Å². The van der Waals surface area contributed by atoms with Crippen LogP contribution < -0.4 is 0 Å². The highest BCUT2D eigenvalue weighted by molar-refractivity contribution is 14.2. The standard InChI is InChI=1S/C27H45I/c1-6-9-10-12-16-23(4)17-13-11-14-18-24(5)27(25(8-3)15-7-2)26-19-21-28-22-20-26/h8,11,13,19,21-23,25-27H,3,5-7,9-10,12,14-18,20H2,1-2,4H3/b13-11+/t23?,25?,26?,27-/m0/s1. The molecule has 0 saturated carbocycles. The summed E-state index contributed by atoms with van der Waals surface area (Å²) < 4.78 is 4.99. The molecule has 0 saturated heterocycles. The Kier molecular flexibility index (Phi) is 15.0. The van der Waals surface area contributed by atoms with Crippen molar-refractivity contribution >= 4 is 24.7 Å². The van der Waals surface area contributed by atoms with E-state index in [9.17, 15) is 0 Å². The van der Waals surface area contributed by atoms with Crippen LogP contribution >= 0.6 is 20.7 Å². The Balaban J connectivity index is 2.46. The van der Waals surface area contributed by atoms with Crippen LogP contribution in [0.15, 0.2) is 47.1 Å². The maximum Gasteiger partial charge on any atom is -0.00766 e. The summed E-state index contributed by atoms with van der Waals surface area (Å²) in [5, 5.41) is 0. The number of halogens is 1. The average molecular weight is 497 g/mol. The topological polar surface area (TPSA) is 0 Å². The summed E-state index contributed by atoms with van der Waals surface area (Å²) in [5.74, 6) is 2.61. The molecule has 0 N–H and O–H groups in total. The Morgan fingerprint density at radius 2 is 1.96 bits per heavy atom. The lowest BCUT2D eigenvalue weighted by Crippen LogP contribution is -2.24. The maximum atomic E-state index is 4.55. The number of hydrogen-bond donors (Lipinski definition) is 0. The van der Waals surface area contributed by atoms with Gasteiger partial charge in [0.1, 0.15) is 0 Å². The zero-order chi connectivity index (χ0) is 20.6. The van der Waals surface area contributed by atoms with E-state index in [1.54, 1.807) is 0 Å². The molecule has 1 aliphatic rings. The van der Waals surface area contributed by atoms with E-state index >= 15 is 0 Å². The van der Waals surface area contributed by atoms with Crippen molar-refractivity contribution in [2.24, 2.45) is 23.7 Å². The molecule has 0 bridgehead atoms. The predicted octanol–water partition coefficient (Wildman–Crippen LogP) is 9.40. The minimum absolute atomic E-state index is 0.207.